The van der Waals surface area contributed by atoms with E-state index in [1.54, 1.807) is 6.07 Å². The van der Waals surface area contributed by atoms with E-state index in [9.17, 15) is 22.8 Å². The average molecular weight is 383 g/mol. The van der Waals surface area contributed by atoms with Crippen molar-refractivity contribution in [1.29, 1.82) is 0 Å². The molecule has 1 aromatic heterocycles. The monoisotopic (exact) mass is 383 g/mol. The Morgan fingerprint density at radius 1 is 1.22 bits per heavy atom. The maximum atomic E-state index is 12.7. The van der Waals surface area contributed by atoms with Crippen LogP contribution in [0.15, 0.2) is 24.3 Å². The minimum atomic E-state index is -4.75. The Labute approximate surface area is 152 Å². The second-order valence-electron chi connectivity index (χ2n) is 5.55. The molecule has 0 spiro atoms. The highest BCUT2D eigenvalue weighted by atomic mass is 19.4. The number of carbonyl (C=O) groups excluding carboxylic acids is 1. The topological polar surface area (TPSA) is 101 Å². The highest BCUT2D eigenvalue weighted by Gasteiger charge is 2.35. The zero-order valence-corrected chi connectivity index (χ0v) is 14.4. The first-order valence-electron chi connectivity index (χ1n) is 7.73. The van der Waals surface area contributed by atoms with Crippen molar-refractivity contribution in [3.05, 3.63) is 52.6 Å². The number of carboxylic acids is 1. The number of carboxylic acid groups (broad SMARTS) is 1. The van der Waals surface area contributed by atoms with Crippen LogP contribution < -0.4 is 10.1 Å². The molecule has 0 aliphatic heterocycles. The number of amides is 1. The molecular formula is C17H16F3N3O4. The lowest BCUT2D eigenvalue weighted by atomic mass is 10.1. The summed E-state index contributed by atoms with van der Waals surface area (Å²) in [6.07, 6.45) is -4.47. The molecule has 0 bridgehead atoms. The van der Waals surface area contributed by atoms with E-state index >= 15 is 0 Å². The molecule has 2 N–H and O–H groups in total. The summed E-state index contributed by atoms with van der Waals surface area (Å²) in [4.78, 5) is 29.6. The molecule has 2 aromatic rings. The molecule has 0 fully saturated rings. The summed E-state index contributed by atoms with van der Waals surface area (Å²) in [6, 6.07) is 5.45. The van der Waals surface area contributed by atoms with Gasteiger partial charge >= 0.3 is 12.1 Å². The average Bonchev–Trinajstić information content (AvgIpc) is 2.60. The third-order valence-electron chi connectivity index (χ3n) is 3.55. The summed E-state index contributed by atoms with van der Waals surface area (Å²) in [7, 11) is 1.38. The fraction of sp³-hybridized carbons (Fsp3) is 0.294. The van der Waals surface area contributed by atoms with Gasteiger partial charge in [0.05, 0.1) is 12.7 Å². The van der Waals surface area contributed by atoms with Gasteiger partial charge in [0.1, 0.15) is 11.4 Å². The van der Waals surface area contributed by atoms with Crippen molar-refractivity contribution in [2.45, 2.75) is 19.5 Å². The van der Waals surface area contributed by atoms with Crippen LogP contribution in [0.1, 0.15) is 37.9 Å². The summed E-state index contributed by atoms with van der Waals surface area (Å²) in [6.45, 7) is 1.43. The number of halogens is 3. The number of alkyl halides is 3. The van der Waals surface area contributed by atoms with E-state index < -0.39 is 23.9 Å². The van der Waals surface area contributed by atoms with E-state index in [0.29, 0.717) is 11.3 Å². The summed E-state index contributed by atoms with van der Waals surface area (Å²) in [5.41, 5.74) is 0.324. The molecule has 1 heterocycles. The molecule has 0 saturated carbocycles. The summed E-state index contributed by atoms with van der Waals surface area (Å²) in [5.74, 6) is -2.92. The fourth-order valence-electron chi connectivity index (χ4n) is 2.30. The molecule has 0 radical (unpaired) electrons. The third kappa shape index (κ3) is 5.16. The molecule has 7 nitrogen and oxygen atoms in total. The molecular weight excluding hydrogens is 367 g/mol. The van der Waals surface area contributed by atoms with Gasteiger partial charge < -0.3 is 15.2 Å². The Hall–Kier alpha value is -3.17. The minimum absolute atomic E-state index is 0.0217. The van der Waals surface area contributed by atoms with Crippen molar-refractivity contribution >= 4 is 11.9 Å². The van der Waals surface area contributed by atoms with E-state index in [-0.39, 0.29) is 29.9 Å². The Morgan fingerprint density at radius 3 is 2.52 bits per heavy atom. The molecule has 1 aromatic carbocycles. The van der Waals surface area contributed by atoms with Gasteiger partial charge in [-0.2, -0.15) is 13.2 Å². The van der Waals surface area contributed by atoms with Crippen LogP contribution in [0.3, 0.4) is 0 Å². The smallest absolute Gasteiger partial charge is 0.451 e. The number of aromatic nitrogens is 2. The van der Waals surface area contributed by atoms with Crippen molar-refractivity contribution < 1.29 is 32.6 Å². The van der Waals surface area contributed by atoms with Crippen LogP contribution >= 0.6 is 0 Å². The molecule has 0 saturated heterocycles. The van der Waals surface area contributed by atoms with Crippen LogP contribution in [0.4, 0.5) is 13.2 Å². The van der Waals surface area contributed by atoms with Crippen molar-refractivity contribution in [2.24, 2.45) is 0 Å². The molecule has 0 unspecified atom stereocenters. The number of hydrogen-bond donors (Lipinski definition) is 2. The molecule has 0 aliphatic carbocycles. The number of nitrogens with zero attached hydrogens (tertiary/aromatic N) is 2. The number of methoxy groups -OCH3 is 1. The van der Waals surface area contributed by atoms with Gasteiger partial charge in [0.2, 0.25) is 5.82 Å². The van der Waals surface area contributed by atoms with Gasteiger partial charge in [-0.3, -0.25) is 4.79 Å². The third-order valence-corrected chi connectivity index (χ3v) is 3.55. The standard InChI is InChI=1S/C17H16F3N3O4/c1-9-7-12(23-16(22-9)17(18,19)20)14(24)21-6-5-10-3-4-11(15(25)26)8-13(10)27-2/h3-4,7-8H,5-6H2,1-2H3,(H,21,24)(H,25,26). The van der Waals surface area contributed by atoms with E-state index in [2.05, 4.69) is 15.3 Å². The van der Waals surface area contributed by atoms with Gasteiger partial charge in [0.15, 0.2) is 0 Å². The van der Waals surface area contributed by atoms with Crippen molar-refractivity contribution in [3.63, 3.8) is 0 Å². The summed E-state index contributed by atoms with van der Waals surface area (Å²) >= 11 is 0. The number of benzene rings is 1. The zero-order chi connectivity index (χ0) is 20.2. The fourth-order valence-corrected chi connectivity index (χ4v) is 2.30. The molecule has 2 rings (SSSR count). The first-order chi connectivity index (χ1) is 12.6. The molecule has 27 heavy (non-hydrogen) atoms. The lowest BCUT2D eigenvalue weighted by molar-refractivity contribution is -0.145. The predicted molar refractivity (Wildman–Crippen MR) is 87.8 cm³/mol. The van der Waals surface area contributed by atoms with Gasteiger partial charge in [0.25, 0.3) is 5.91 Å². The van der Waals surface area contributed by atoms with Crippen LogP contribution in [0, 0.1) is 6.92 Å². The Balaban J connectivity index is 2.07. The number of nitrogens with one attached hydrogen (secondary N) is 1. The molecule has 144 valence electrons. The number of aryl methyl sites for hydroxylation is 1. The first-order valence-corrected chi connectivity index (χ1v) is 7.73. The number of carbonyl (C=O) groups is 2. The minimum Gasteiger partial charge on any atom is -0.496 e. The lowest BCUT2D eigenvalue weighted by Gasteiger charge is -2.11. The largest absolute Gasteiger partial charge is 0.496 e. The summed E-state index contributed by atoms with van der Waals surface area (Å²) < 4.78 is 43.4. The van der Waals surface area contributed by atoms with E-state index in [0.717, 1.165) is 6.07 Å². The van der Waals surface area contributed by atoms with Gasteiger partial charge in [-0.1, -0.05) is 6.07 Å². The lowest BCUT2D eigenvalue weighted by Crippen LogP contribution is -2.28. The Morgan fingerprint density at radius 2 is 1.93 bits per heavy atom. The van der Waals surface area contributed by atoms with Gasteiger partial charge in [-0.25, -0.2) is 14.8 Å². The normalized spacial score (nSPS) is 11.1. The second-order valence-corrected chi connectivity index (χ2v) is 5.55. The Kier molecular flexibility index (Phi) is 5.98. The summed E-state index contributed by atoms with van der Waals surface area (Å²) in [5, 5.41) is 11.4. The molecule has 0 atom stereocenters. The van der Waals surface area contributed by atoms with Crippen LogP contribution in [-0.2, 0) is 12.6 Å². The molecule has 1 amide bonds. The number of hydrogen-bond acceptors (Lipinski definition) is 5. The van der Waals surface area contributed by atoms with E-state index in [1.807, 2.05) is 0 Å². The quantitative estimate of drug-likeness (QED) is 0.795. The highest BCUT2D eigenvalue weighted by molar-refractivity contribution is 5.92. The molecule has 10 heteroatoms. The van der Waals surface area contributed by atoms with E-state index in [4.69, 9.17) is 9.84 Å². The maximum absolute atomic E-state index is 12.7. The van der Waals surface area contributed by atoms with Crippen LogP contribution in [-0.4, -0.2) is 40.6 Å². The second kappa shape index (κ2) is 8.02. The number of aromatic carboxylic acids is 1. The Bertz CT molecular complexity index is 869. The van der Waals surface area contributed by atoms with Crippen molar-refractivity contribution in [2.75, 3.05) is 13.7 Å². The molecule has 0 aliphatic rings. The van der Waals surface area contributed by atoms with Crippen LogP contribution in [0.2, 0.25) is 0 Å². The first kappa shape index (κ1) is 20.1. The number of ether oxygens (including phenoxy) is 1. The highest BCUT2D eigenvalue weighted by Crippen LogP contribution is 2.26. The number of rotatable bonds is 6. The van der Waals surface area contributed by atoms with Crippen molar-refractivity contribution in [1.82, 2.24) is 15.3 Å². The van der Waals surface area contributed by atoms with Gasteiger partial charge in [-0.15, -0.1) is 0 Å². The van der Waals surface area contributed by atoms with Crippen molar-refractivity contribution in [3.8, 4) is 5.75 Å². The SMILES string of the molecule is COc1cc(C(=O)O)ccc1CCNC(=O)c1cc(C)nc(C(F)(F)F)n1. The predicted octanol–water partition coefficient (Wildman–Crippen LogP) is 2.48. The van der Waals surface area contributed by atoms with E-state index in [1.165, 1.54) is 26.2 Å². The van der Waals surface area contributed by atoms with Gasteiger partial charge in [-0.05, 0) is 37.1 Å². The maximum Gasteiger partial charge on any atom is 0.451 e. The zero-order valence-electron chi connectivity index (χ0n) is 14.4. The van der Waals surface area contributed by atoms with Crippen LogP contribution in [0.25, 0.3) is 0 Å². The van der Waals surface area contributed by atoms with Gasteiger partial charge in [0, 0.05) is 12.2 Å². The van der Waals surface area contributed by atoms with Crippen LogP contribution in [0.5, 0.6) is 5.75 Å².